The Balaban J connectivity index is 1.74. The van der Waals surface area contributed by atoms with Crippen LogP contribution in [0.25, 0.3) is 0 Å². The van der Waals surface area contributed by atoms with Crippen LogP contribution in [0.3, 0.4) is 0 Å². The van der Waals surface area contributed by atoms with Crippen LogP contribution in [0.5, 0.6) is 0 Å². The fourth-order valence-corrected chi connectivity index (χ4v) is 2.82. The molecular weight excluding hydrogens is 370 g/mol. The second-order valence-electron chi connectivity index (χ2n) is 7.90. The quantitative estimate of drug-likeness (QED) is 0.685. The highest BCUT2D eigenvalue weighted by Gasteiger charge is 2.26. The molecule has 1 heterocycles. The molecule has 0 bridgehead atoms. The van der Waals surface area contributed by atoms with E-state index in [9.17, 15) is 23.2 Å². The number of anilines is 1. The summed E-state index contributed by atoms with van der Waals surface area (Å²) in [4.78, 5) is 37.6. The Morgan fingerprint density at radius 3 is 2.29 bits per heavy atom. The first-order valence-corrected chi connectivity index (χ1v) is 9.16. The highest BCUT2D eigenvalue weighted by atomic mass is 19.2. The predicted molar refractivity (Wildman–Crippen MR) is 101 cm³/mol. The molecule has 9 heteroatoms. The number of amides is 4. The molecule has 0 unspecified atom stereocenters. The third-order valence-electron chi connectivity index (χ3n) is 4.32. The zero-order valence-electron chi connectivity index (χ0n) is 16.3. The van der Waals surface area contributed by atoms with E-state index in [0.717, 1.165) is 12.1 Å². The van der Waals surface area contributed by atoms with Gasteiger partial charge in [-0.05, 0) is 51.7 Å². The van der Waals surface area contributed by atoms with Crippen LogP contribution >= 0.6 is 0 Å². The maximum Gasteiger partial charge on any atom is 0.317 e. The Bertz CT molecular complexity index is 741. The molecule has 1 aliphatic rings. The fraction of sp³-hybridized carbons (Fsp3) is 0.526. The number of hydrogen-bond donors (Lipinski definition) is 3. The molecule has 1 saturated heterocycles. The van der Waals surface area contributed by atoms with E-state index in [1.165, 1.54) is 6.07 Å². The Labute approximate surface area is 162 Å². The number of halogens is 2. The summed E-state index contributed by atoms with van der Waals surface area (Å²) < 4.78 is 26.0. The summed E-state index contributed by atoms with van der Waals surface area (Å²) in [5, 5.41) is 7.68. The molecule has 0 aliphatic carbocycles. The van der Waals surface area contributed by atoms with E-state index in [2.05, 4.69) is 16.0 Å². The molecule has 1 aromatic carbocycles. The summed E-state index contributed by atoms with van der Waals surface area (Å²) in [5.74, 6) is -3.80. The third-order valence-corrected chi connectivity index (χ3v) is 4.32. The van der Waals surface area contributed by atoms with E-state index < -0.39 is 23.4 Å². The molecular formula is C19H26F2N4O3. The van der Waals surface area contributed by atoms with Gasteiger partial charge in [0.15, 0.2) is 11.6 Å². The van der Waals surface area contributed by atoms with Gasteiger partial charge in [-0.1, -0.05) is 0 Å². The summed E-state index contributed by atoms with van der Waals surface area (Å²) in [6.07, 6.45) is 1.42. The molecule has 7 nitrogen and oxygen atoms in total. The fourth-order valence-electron chi connectivity index (χ4n) is 2.82. The van der Waals surface area contributed by atoms with Crippen molar-refractivity contribution in [3.8, 4) is 0 Å². The van der Waals surface area contributed by atoms with E-state index in [0.29, 0.717) is 32.5 Å². The number of piperidine rings is 1. The van der Waals surface area contributed by atoms with Gasteiger partial charge in [0.05, 0.1) is 0 Å². The number of hydrogen-bond acceptors (Lipinski definition) is 3. The average Bonchev–Trinajstić information content (AvgIpc) is 2.61. The molecule has 3 N–H and O–H groups in total. The molecule has 154 valence electrons. The van der Waals surface area contributed by atoms with Crippen LogP contribution in [-0.4, -0.2) is 47.9 Å². The summed E-state index contributed by atoms with van der Waals surface area (Å²) in [5.41, 5.74) is -0.305. The summed E-state index contributed by atoms with van der Waals surface area (Å²) >= 11 is 0. The molecule has 2 rings (SSSR count). The predicted octanol–water partition coefficient (Wildman–Crippen LogP) is 2.24. The number of benzene rings is 1. The van der Waals surface area contributed by atoms with Gasteiger partial charge in [0.25, 0.3) is 0 Å². The number of nitrogens with one attached hydrogen (secondary N) is 3. The van der Waals surface area contributed by atoms with Crippen molar-refractivity contribution in [3.63, 3.8) is 0 Å². The number of likely N-dealkylation sites (tertiary alicyclic amines) is 1. The lowest BCUT2D eigenvalue weighted by molar-refractivity contribution is -0.136. The summed E-state index contributed by atoms with van der Waals surface area (Å²) in [6.45, 7) is 7.20. The number of rotatable bonds is 3. The molecule has 0 spiro atoms. The van der Waals surface area contributed by atoms with Crippen LogP contribution in [0.1, 0.15) is 33.6 Å². The van der Waals surface area contributed by atoms with Crippen molar-refractivity contribution in [1.29, 1.82) is 0 Å². The second kappa shape index (κ2) is 8.99. The maximum absolute atomic E-state index is 13.1. The topological polar surface area (TPSA) is 90.5 Å². The Hall–Kier alpha value is -2.71. The van der Waals surface area contributed by atoms with E-state index >= 15 is 0 Å². The van der Waals surface area contributed by atoms with Crippen LogP contribution in [0.2, 0.25) is 0 Å². The van der Waals surface area contributed by atoms with Gasteiger partial charge in [-0.15, -0.1) is 0 Å². The van der Waals surface area contributed by atoms with Gasteiger partial charge in [-0.25, -0.2) is 13.6 Å². The lowest BCUT2D eigenvalue weighted by Crippen LogP contribution is -2.51. The Morgan fingerprint density at radius 1 is 1.07 bits per heavy atom. The van der Waals surface area contributed by atoms with Crippen LogP contribution < -0.4 is 16.0 Å². The smallest absolute Gasteiger partial charge is 0.317 e. The Morgan fingerprint density at radius 2 is 1.71 bits per heavy atom. The SMILES string of the molecule is CC(C)(C)NC(=O)N1CCC(CNC(=O)C(=O)Nc2ccc(F)c(F)c2)CC1. The lowest BCUT2D eigenvalue weighted by Gasteiger charge is -2.34. The first-order valence-electron chi connectivity index (χ1n) is 9.16. The van der Waals surface area contributed by atoms with Crippen molar-refractivity contribution in [3.05, 3.63) is 29.8 Å². The van der Waals surface area contributed by atoms with Crippen molar-refractivity contribution >= 4 is 23.5 Å². The van der Waals surface area contributed by atoms with Gasteiger partial charge >= 0.3 is 17.8 Å². The van der Waals surface area contributed by atoms with Crippen LogP contribution in [-0.2, 0) is 9.59 Å². The minimum absolute atomic E-state index is 0.00258. The second-order valence-corrected chi connectivity index (χ2v) is 7.90. The van der Waals surface area contributed by atoms with Gasteiger partial charge in [0.2, 0.25) is 0 Å². The minimum Gasteiger partial charge on any atom is -0.348 e. The molecule has 1 aromatic rings. The summed E-state index contributed by atoms with van der Waals surface area (Å²) in [7, 11) is 0. The van der Waals surface area contributed by atoms with Crippen molar-refractivity contribution in [2.45, 2.75) is 39.2 Å². The zero-order chi connectivity index (χ0) is 20.9. The molecule has 0 saturated carbocycles. The highest BCUT2D eigenvalue weighted by Crippen LogP contribution is 2.17. The normalized spacial score (nSPS) is 15.1. The van der Waals surface area contributed by atoms with Gasteiger partial charge < -0.3 is 20.9 Å². The first-order chi connectivity index (χ1) is 13.0. The Kier molecular flexibility index (Phi) is 6.93. The van der Waals surface area contributed by atoms with Crippen LogP contribution in [0.15, 0.2) is 18.2 Å². The lowest BCUT2D eigenvalue weighted by atomic mass is 9.97. The summed E-state index contributed by atoms with van der Waals surface area (Å²) in [6, 6.07) is 2.73. The third kappa shape index (κ3) is 6.47. The van der Waals surface area contributed by atoms with Gasteiger partial charge in [0, 0.05) is 36.9 Å². The molecule has 4 amide bonds. The van der Waals surface area contributed by atoms with E-state index in [1.807, 2.05) is 20.8 Å². The number of carbonyl (C=O) groups is 3. The van der Waals surface area contributed by atoms with Crippen molar-refractivity contribution < 1.29 is 23.2 Å². The average molecular weight is 396 g/mol. The maximum atomic E-state index is 13.1. The van der Waals surface area contributed by atoms with Crippen molar-refractivity contribution in [1.82, 2.24) is 15.5 Å². The van der Waals surface area contributed by atoms with Gasteiger partial charge in [0.1, 0.15) is 0 Å². The number of carbonyl (C=O) groups excluding carboxylic acids is 3. The van der Waals surface area contributed by atoms with Crippen molar-refractivity contribution in [2.75, 3.05) is 25.0 Å². The molecule has 0 atom stereocenters. The molecule has 0 aromatic heterocycles. The van der Waals surface area contributed by atoms with Gasteiger partial charge in [-0.2, -0.15) is 0 Å². The van der Waals surface area contributed by atoms with Crippen molar-refractivity contribution in [2.24, 2.45) is 5.92 Å². The van der Waals surface area contributed by atoms with E-state index in [4.69, 9.17) is 0 Å². The number of nitrogens with zero attached hydrogens (tertiary/aromatic N) is 1. The largest absolute Gasteiger partial charge is 0.348 e. The first kappa shape index (κ1) is 21.6. The molecule has 0 radical (unpaired) electrons. The van der Waals surface area contributed by atoms with Crippen LogP contribution in [0, 0.1) is 17.6 Å². The zero-order valence-corrected chi connectivity index (χ0v) is 16.3. The molecule has 1 fully saturated rings. The molecule has 1 aliphatic heterocycles. The monoisotopic (exact) mass is 396 g/mol. The van der Waals surface area contributed by atoms with E-state index in [-0.39, 0.29) is 23.2 Å². The standard InChI is InChI=1S/C19H26F2N4O3/c1-19(2,3)24-18(28)25-8-6-12(7-9-25)11-22-16(26)17(27)23-13-4-5-14(20)15(21)10-13/h4-5,10,12H,6-9,11H2,1-3H3,(H,22,26)(H,23,27)(H,24,28). The number of urea groups is 1. The van der Waals surface area contributed by atoms with Gasteiger partial charge in [-0.3, -0.25) is 9.59 Å². The highest BCUT2D eigenvalue weighted by molar-refractivity contribution is 6.39. The van der Waals surface area contributed by atoms with E-state index in [1.54, 1.807) is 4.90 Å². The molecule has 28 heavy (non-hydrogen) atoms. The van der Waals surface area contributed by atoms with Crippen LogP contribution in [0.4, 0.5) is 19.3 Å². The minimum atomic E-state index is -1.11.